The van der Waals surface area contributed by atoms with Crippen LogP contribution >= 0.6 is 23.2 Å². The average molecular weight is 519 g/mol. The number of hydrogen-bond donors (Lipinski definition) is 1. The molecule has 2 aromatic carbocycles. The molecule has 6 nitrogen and oxygen atoms in total. The molecule has 8 heteroatoms. The van der Waals surface area contributed by atoms with Crippen molar-refractivity contribution in [1.82, 2.24) is 4.98 Å². The van der Waals surface area contributed by atoms with E-state index >= 15 is 0 Å². The molecule has 5 rings (SSSR count). The van der Waals surface area contributed by atoms with Gasteiger partial charge in [0.05, 0.1) is 30.2 Å². The van der Waals surface area contributed by atoms with E-state index in [4.69, 9.17) is 33.7 Å². The third-order valence-corrected chi connectivity index (χ3v) is 7.32. The van der Waals surface area contributed by atoms with Gasteiger partial charge in [0.25, 0.3) is 0 Å². The van der Waals surface area contributed by atoms with Crippen LogP contribution < -0.4 is 15.4 Å². The maximum Gasteiger partial charge on any atom is 0.162 e. The molecule has 36 heavy (non-hydrogen) atoms. The summed E-state index contributed by atoms with van der Waals surface area (Å²) in [7, 11) is 1.60. The van der Waals surface area contributed by atoms with Crippen molar-refractivity contribution in [1.29, 1.82) is 5.26 Å². The van der Waals surface area contributed by atoms with Gasteiger partial charge in [-0.2, -0.15) is 5.26 Å². The third-order valence-electron chi connectivity index (χ3n) is 6.78. The van der Waals surface area contributed by atoms with Gasteiger partial charge < -0.3 is 10.5 Å². The summed E-state index contributed by atoms with van der Waals surface area (Å²) < 4.78 is 5.30. The second-order valence-electron chi connectivity index (χ2n) is 9.88. The number of aromatic nitrogens is 1. The summed E-state index contributed by atoms with van der Waals surface area (Å²) in [6.07, 6.45) is 0.947. The van der Waals surface area contributed by atoms with E-state index in [1.54, 1.807) is 25.3 Å². The molecule has 0 amide bonds. The highest BCUT2D eigenvalue weighted by Gasteiger charge is 2.45. The Balaban J connectivity index is 1.78. The van der Waals surface area contributed by atoms with Crippen molar-refractivity contribution in [2.24, 2.45) is 11.1 Å². The summed E-state index contributed by atoms with van der Waals surface area (Å²) >= 11 is 12.9. The first-order valence-corrected chi connectivity index (χ1v) is 12.2. The number of carbonyl (C=O) groups is 1. The van der Waals surface area contributed by atoms with Crippen molar-refractivity contribution in [2.45, 2.75) is 32.6 Å². The normalized spacial score (nSPS) is 19.4. The molecule has 1 aliphatic heterocycles. The van der Waals surface area contributed by atoms with E-state index in [9.17, 15) is 10.1 Å². The van der Waals surface area contributed by atoms with Gasteiger partial charge >= 0.3 is 0 Å². The third kappa shape index (κ3) is 3.99. The molecule has 2 N–H and O–H groups in total. The van der Waals surface area contributed by atoms with E-state index in [0.717, 1.165) is 16.8 Å². The van der Waals surface area contributed by atoms with Gasteiger partial charge in [-0.15, -0.1) is 0 Å². The molecule has 1 aliphatic carbocycles. The highest BCUT2D eigenvalue weighted by molar-refractivity contribution is 6.32. The summed E-state index contributed by atoms with van der Waals surface area (Å²) in [5.74, 6) is 0.191. The summed E-state index contributed by atoms with van der Waals surface area (Å²) in [5, 5.41) is 11.9. The summed E-state index contributed by atoms with van der Waals surface area (Å²) in [6.45, 7) is 4.12. The molecule has 1 atom stereocenters. The predicted molar refractivity (Wildman–Crippen MR) is 142 cm³/mol. The number of anilines is 1. The lowest BCUT2D eigenvalue weighted by atomic mass is 9.68. The van der Waals surface area contributed by atoms with Gasteiger partial charge in [0, 0.05) is 39.4 Å². The maximum atomic E-state index is 13.7. The number of methoxy groups -OCH3 is 1. The highest BCUT2D eigenvalue weighted by Crippen LogP contribution is 2.51. The van der Waals surface area contributed by atoms with Gasteiger partial charge in [-0.1, -0.05) is 37.0 Å². The number of hydrogen-bond acceptors (Lipinski definition) is 6. The minimum Gasteiger partial charge on any atom is -0.497 e. The minimum absolute atomic E-state index is 0.0349. The number of carbonyl (C=O) groups excluding carboxylic acids is 1. The van der Waals surface area contributed by atoms with Crippen LogP contribution in [0.15, 0.2) is 71.2 Å². The molecule has 1 aromatic heterocycles. The molecule has 1 unspecified atom stereocenters. The molecule has 0 fully saturated rings. The van der Waals surface area contributed by atoms with Crippen LogP contribution in [0.4, 0.5) is 5.69 Å². The van der Waals surface area contributed by atoms with E-state index in [1.165, 1.54) is 0 Å². The summed E-state index contributed by atoms with van der Waals surface area (Å²) in [6, 6.07) is 16.8. The number of nitrogens with two attached hydrogens (primary N) is 1. The van der Waals surface area contributed by atoms with Gasteiger partial charge in [0.1, 0.15) is 16.7 Å². The Labute approximate surface area is 219 Å². The molecular formula is C28H24Cl2N4O2. The van der Waals surface area contributed by atoms with Gasteiger partial charge in [0.2, 0.25) is 0 Å². The second kappa shape index (κ2) is 8.85. The van der Waals surface area contributed by atoms with Crippen LogP contribution in [0, 0.1) is 16.7 Å². The number of Topliss-reactive ketones (excluding diaryl/α,β-unsaturated/α-hetero) is 1. The number of nitrogens with zero attached hydrogens (tertiary/aromatic N) is 3. The number of fused-ring (bicyclic) bond motifs is 1. The van der Waals surface area contributed by atoms with Crippen molar-refractivity contribution in [2.75, 3.05) is 12.0 Å². The summed E-state index contributed by atoms with van der Waals surface area (Å²) in [4.78, 5) is 20.1. The number of rotatable bonds is 3. The summed E-state index contributed by atoms with van der Waals surface area (Å²) in [5.41, 5.74) is 9.95. The standard InChI is InChI=1S/C28H24Cl2N4O2/c1-28(2)12-22-25(23(35)13-28)24(19-11-15-10-16(29)4-9-21(15)33-26(19)30)20(14-31)27(32)34(22)17-5-7-18(36-3)8-6-17/h4-11,24H,12-13,32H2,1-3H3. The smallest absolute Gasteiger partial charge is 0.162 e. The lowest BCUT2D eigenvalue weighted by Crippen LogP contribution is -2.42. The number of ether oxygens (including phenoxy) is 1. The van der Waals surface area contributed by atoms with Gasteiger partial charge in [-0.05, 0) is 60.4 Å². The van der Waals surface area contributed by atoms with Crippen molar-refractivity contribution in [3.8, 4) is 11.8 Å². The predicted octanol–water partition coefficient (Wildman–Crippen LogP) is 6.49. The number of pyridine rings is 1. The zero-order valence-electron chi connectivity index (χ0n) is 20.1. The lowest BCUT2D eigenvalue weighted by molar-refractivity contribution is -0.118. The fraction of sp³-hybridized carbons (Fsp3) is 0.250. The van der Waals surface area contributed by atoms with Crippen molar-refractivity contribution in [3.05, 3.63) is 86.9 Å². The first-order valence-electron chi connectivity index (χ1n) is 11.5. The fourth-order valence-corrected chi connectivity index (χ4v) is 5.62. The Morgan fingerprint density at radius 1 is 1.14 bits per heavy atom. The molecule has 2 heterocycles. The van der Waals surface area contributed by atoms with Gasteiger partial charge in [0.15, 0.2) is 5.78 Å². The van der Waals surface area contributed by atoms with Crippen molar-refractivity contribution >= 4 is 45.6 Å². The number of allylic oxidation sites excluding steroid dienone is 3. The minimum atomic E-state index is -0.730. The Bertz CT molecular complexity index is 1520. The van der Waals surface area contributed by atoms with Crippen molar-refractivity contribution < 1.29 is 9.53 Å². The average Bonchev–Trinajstić information content (AvgIpc) is 2.83. The van der Waals surface area contributed by atoms with E-state index in [-0.39, 0.29) is 27.7 Å². The van der Waals surface area contributed by atoms with Crippen LogP contribution in [0.3, 0.4) is 0 Å². The lowest BCUT2D eigenvalue weighted by Gasteiger charge is -2.43. The Morgan fingerprint density at radius 3 is 2.53 bits per heavy atom. The largest absolute Gasteiger partial charge is 0.497 e. The molecule has 2 aliphatic rings. The molecule has 0 spiro atoms. The number of benzene rings is 2. The van der Waals surface area contributed by atoms with Gasteiger partial charge in [-0.25, -0.2) is 4.98 Å². The zero-order valence-corrected chi connectivity index (χ0v) is 21.6. The molecule has 0 saturated heterocycles. The van der Waals surface area contributed by atoms with Crippen molar-refractivity contribution in [3.63, 3.8) is 0 Å². The maximum absolute atomic E-state index is 13.7. The Morgan fingerprint density at radius 2 is 1.86 bits per heavy atom. The van der Waals surface area contributed by atoms with E-state index in [0.29, 0.717) is 40.3 Å². The molecule has 0 bridgehead atoms. The van der Waals surface area contributed by atoms with E-state index in [2.05, 4.69) is 24.9 Å². The SMILES string of the molecule is COc1ccc(N2C(N)=C(C#N)C(c3cc4cc(Cl)ccc4nc3Cl)C3=C2CC(C)(C)CC3=O)cc1. The first kappa shape index (κ1) is 24.2. The van der Waals surface area contributed by atoms with E-state index < -0.39 is 5.92 Å². The molecule has 182 valence electrons. The molecule has 0 radical (unpaired) electrons. The first-order chi connectivity index (χ1) is 17.1. The van der Waals surface area contributed by atoms with Gasteiger partial charge in [-0.3, -0.25) is 9.69 Å². The van der Waals surface area contributed by atoms with E-state index in [1.807, 2.05) is 35.2 Å². The molecule has 0 saturated carbocycles. The van der Waals surface area contributed by atoms with Crippen LogP contribution in [0.1, 0.15) is 38.2 Å². The van der Waals surface area contributed by atoms with Crippen LogP contribution in [-0.2, 0) is 4.79 Å². The van der Waals surface area contributed by atoms with Crippen LogP contribution in [0.25, 0.3) is 10.9 Å². The molecular weight excluding hydrogens is 495 g/mol. The topological polar surface area (TPSA) is 92.2 Å². The number of ketones is 1. The van der Waals surface area contributed by atoms with Crippen LogP contribution in [0.2, 0.25) is 10.2 Å². The van der Waals surface area contributed by atoms with Crippen LogP contribution in [-0.4, -0.2) is 17.9 Å². The molecule has 3 aromatic rings. The fourth-order valence-electron chi connectivity index (χ4n) is 5.19. The number of nitriles is 1. The Kier molecular flexibility index (Phi) is 5.94. The van der Waals surface area contributed by atoms with Crippen LogP contribution in [0.5, 0.6) is 5.75 Å². The highest BCUT2D eigenvalue weighted by atomic mass is 35.5. The zero-order chi connectivity index (χ0) is 25.8. The monoisotopic (exact) mass is 518 g/mol. The quantitative estimate of drug-likeness (QED) is 0.398. The number of halogens is 2. The Hall–Kier alpha value is -3.53. The second-order valence-corrected chi connectivity index (χ2v) is 10.7.